The highest BCUT2D eigenvalue weighted by atomic mass is 79.9. The first-order chi connectivity index (χ1) is 9.56. The van der Waals surface area contributed by atoms with Crippen LogP contribution in [0.2, 0.25) is 0 Å². The van der Waals surface area contributed by atoms with Crippen molar-refractivity contribution >= 4 is 33.6 Å². The monoisotopic (exact) mass is 340 g/mol. The van der Waals surface area contributed by atoms with E-state index in [2.05, 4.69) is 26.6 Å². The molecule has 0 aliphatic heterocycles. The molecular formula is C14H17BrN2O3. The summed E-state index contributed by atoms with van der Waals surface area (Å²) in [5.74, 6) is -0.466. The van der Waals surface area contributed by atoms with Gasteiger partial charge < -0.3 is 15.7 Å². The van der Waals surface area contributed by atoms with Crippen LogP contribution in [0, 0.1) is 5.92 Å². The second kappa shape index (κ2) is 6.74. The second-order valence-electron chi connectivity index (χ2n) is 4.99. The van der Waals surface area contributed by atoms with Crippen LogP contribution >= 0.6 is 15.9 Å². The third-order valence-corrected chi connectivity index (χ3v) is 4.17. The predicted molar refractivity (Wildman–Crippen MR) is 80.1 cm³/mol. The van der Waals surface area contributed by atoms with Crippen molar-refractivity contribution in [1.29, 1.82) is 0 Å². The predicted octanol–water partition coefficient (Wildman–Crippen LogP) is 3.46. The van der Waals surface area contributed by atoms with Crippen LogP contribution in [0.1, 0.15) is 36.0 Å². The van der Waals surface area contributed by atoms with Crippen molar-refractivity contribution in [2.45, 2.75) is 25.7 Å². The fourth-order valence-corrected chi connectivity index (χ4v) is 2.81. The van der Waals surface area contributed by atoms with Gasteiger partial charge in [0.05, 0.1) is 5.56 Å². The number of rotatable bonds is 4. The third kappa shape index (κ3) is 3.96. The Balaban J connectivity index is 1.90. The maximum Gasteiger partial charge on any atom is 0.336 e. The lowest BCUT2D eigenvalue weighted by Gasteiger charge is -2.12. The molecule has 6 heteroatoms. The molecule has 1 aromatic carbocycles. The van der Waals surface area contributed by atoms with E-state index in [0.717, 1.165) is 0 Å². The van der Waals surface area contributed by atoms with Crippen LogP contribution in [0.25, 0.3) is 0 Å². The molecule has 0 saturated heterocycles. The molecule has 0 spiro atoms. The lowest BCUT2D eigenvalue weighted by molar-refractivity contribution is 0.0696. The fourth-order valence-electron chi connectivity index (χ4n) is 2.39. The number of carbonyl (C=O) groups excluding carboxylic acids is 1. The molecule has 1 aliphatic rings. The number of halogens is 1. The molecule has 2 amide bonds. The molecule has 1 aliphatic carbocycles. The van der Waals surface area contributed by atoms with Crippen molar-refractivity contribution in [2.75, 3.05) is 11.9 Å². The lowest BCUT2D eigenvalue weighted by Crippen LogP contribution is -2.32. The number of carboxylic acids is 1. The summed E-state index contributed by atoms with van der Waals surface area (Å²) in [5.41, 5.74) is 0.591. The molecule has 0 radical (unpaired) electrons. The number of carbonyl (C=O) groups is 2. The molecule has 0 unspecified atom stereocenters. The first-order valence-corrected chi connectivity index (χ1v) is 7.43. The summed E-state index contributed by atoms with van der Waals surface area (Å²) in [5, 5.41) is 14.5. The van der Waals surface area contributed by atoms with Crippen LogP contribution in [-0.4, -0.2) is 23.7 Å². The fraction of sp³-hybridized carbons (Fsp3) is 0.429. The lowest BCUT2D eigenvalue weighted by atomic mass is 10.1. The summed E-state index contributed by atoms with van der Waals surface area (Å²) in [6.45, 7) is 0.675. The molecule has 1 fully saturated rings. The summed E-state index contributed by atoms with van der Waals surface area (Å²) in [6.07, 6.45) is 4.81. The van der Waals surface area contributed by atoms with Crippen LogP contribution in [0.3, 0.4) is 0 Å². The Labute approximate surface area is 125 Å². The summed E-state index contributed by atoms with van der Waals surface area (Å²) < 4.78 is 0.488. The zero-order valence-corrected chi connectivity index (χ0v) is 12.6. The Kier molecular flexibility index (Phi) is 5.00. The smallest absolute Gasteiger partial charge is 0.336 e. The minimum Gasteiger partial charge on any atom is -0.478 e. The molecule has 0 aromatic heterocycles. The van der Waals surface area contributed by atoms with Gasteiger partial charge in [0.1, 0.15) is 0 Å². The zero-order valence-electron chi connectivity index (χ0n) is 11.0. The maximum absolute atomic E-state index is 11.8. The van der Waals surface area contributed by atoms with E-state index in [4.69, 9.17) is 5.11 Å². The van der Waals surface area contributed by atoms with Gasteiger partial charge in [-0.25, -0.2) is 9.59 Å². The topological polar surface area (TPSA) is 78.4 Å². The SMILES string of the molecule is O=C(NCC1CCCC1)Nc1ccc(Br)c(C(=O)O)c1. The number of aromatic carboxylic acids is 1. The molecule has 0 bridgehead atoms. The molecule has 20 heavy (non-hydrogen) atoms. The van der Waals surface area contributed by atoms with Crippen LogP contribution in [-0.2, 0) is 0 Å². The van der Waals surface area contributed by atoms with Gasteiger partial charge in [0.2, 0.25) is 0 Å². The number of benzene rings is 1. The number of carboxylic acid groups (broad SMARTS) is 1. The minimum atomic E-state index is -1.04. The van der Waals surface area contributed by atoms with Crippen LogP contribution in [0.15, 0.2) is 22.7 Å². The van der Waals surface area contributed by atoms with Gasteiger partial charge in [-0.15, -0.1) is 0 Å². The number of urea groups is 1. The molecule has 0 heterocycles. The molecular weight excluding hydrogens is 324 g/mol. The van der Waals surface area contributed by atoms with Gasteiger partial charge >= 0.3 is 12.0 Å². The third-order valence-electron chi connectivity index (χ3n) is 3.48. The number of anilines is 1. The van der Waals surface area contributed by atoms with Crippen molar-refractivity contribution < 1.29 is 14.7 Å². The Hall–Kier alpha value is -1.56. The van der Waals surface area contributed by atoms with E-state index in [0.29, 0.717) is 22.6 Å². The number of amides is 2. The Morgan fingerprint density at radius 1 is 1.30 bits per heavy atom. The van der Waals surface area contributed by atoms with E-state index < -0.39 is 5.97 Å². The van der Waals surface area contributed by atoms with Crippen LogP contribution in [0.5, 0.6) is 0 Å². The van der Waals surface area contributed by atoms with Crippen LogP contribution < -0.4 is 10.6 Å². The summed E-state index contributed by atoms with van der Waals surface area (Å²) in [7, 11) is 0. The molecule has 1 aromatic rings. The average Bonchev–Trinajstić information content (AvgIpc) is 2.91. The van der Waals surface area contributed by atoms with E-state index in [1.165, 1.54) is 31.7 Å². The number of hydrogen-bond donors (Lipinski definition) is 3. The van der Waals surface area contributed by atoms with Gasteiger partial charge in [0.25, 0.3) is 0 Å². The second-order valence-corrected chi connectivity index (χ2v) is 5.84. The first-order valence-electron chi connectivity index (χ1n) is 6.64. The molecule has 108 valence electrons. The van der Waals surface area contributed by atoms with Crippen molar-refractivity contribution in [3.05, 3.63) is 28.2 Å². The van der Waals surface area contributed by atoms with Gasteiger partial charge in [-0.05, 0) is 52.9 Å². The van der Waals surface area contributed by atoms with Crippen molar-refractivity contribution in [3.8, 4) is 0 Å². The molecule has 2 rings (SSSR count). The van der Waals surface area contributed by atoms with Gasteiger partial charge in [-0.3, -0.25) is 0 Å². The Morgan fingerprint density at radius 2 is 2.00 bits per heavy atom. The minimum absolute atomic E-state index is 0.124. The zero-order chi connectivity index (χ0) is 14.5. The van der Waals surface area contributed by atoms with Crippen molar-refractivity contribution in [3.63, 3.8) is 0 Å². The van der Waals surface area contributed by atoms with E-state index >= 15 is 0 Å². The summed E-state index contributed by atoms with van der Waals surface area (Å²) in [4.78, 5) is 22.8. The Morgan fingerprint density at radius 3 is 2.65 bits per heavy atom. The van der Waals surface area contributed by atoms with E-state index in [9.17, 15) is 9.59 Å². The number of nitrogens with one attached hydrogen (secondary N) is 2. The van der Waals surface area contributed by atoms with E-state index in [1.807, 2.05) is 0 Å². The van der Waals surface area contributed by atoms with Gasteiger partial charge in [0.15, 0.2) is 0 Å². The summed E-state index contributed by atoms with van der Waals surface area (Å²) >= 11 is 3.16. The van der Waals surface area contributed by atoms with E-state index in [-0.39, 0.29) is 11.6 Å². The largest absolute Gasteiger partial charge is 0.478 e. The normalized spacial score (nSPS) is 15.1. The van der Waals surface area contributed by atoms with Gasteiger partial charge in [-0.1, -0.05) is 12.8 Å². The molecule has 1 saturated carbocycles. The quantitative estimate of drug-likeness (QED) is 0.785. The molecule has 0 atom stereocenters. The molecule has 5 nitrogen and oxygen atoms in total. The van der Waals surface area contributed by atoms with Gasteiger partial charge in [-0.2, -0.15) is 0 Å². The highest BCUT2D eigenvalue weighted by molar-refractivity contribution is 9.10. The van der Waals surface area contributed by atoms with E-state index in [1.54, 1.807) is 12.1 Å². The van der Waals surface area contributed by atoms with Crippen LogP contribution in [0.4, 0.5) is 10.5 Å². The van der Waals surface area contributed by atoms with Crippen molar-refractivity contribution in [2.24, 2.45) is 5.92 Å². The maximum atomic E-state index is 11.8. The molecule has 3 N–H and O–H groups in total. The first kappa shape index (κ1) is 14.8. The highest BCUT2D eigenvalue weighted by Crippen LogP contribution is 2.24. The summed E-state index contributed by atoms with van der Waals surface area (Å²) in [6, 6.07) is 4.40. The number of hydrogen-bond acceptors (Lipinski definition) is 2. The highest BCUT2D eigenvalue weighted by Gasteiger charge is 2.16. The average molecular weight is 341 g/mol. The van der Waals surface area contributed by atoms with Crippen molar-refractivity contribution in [1.82, 2.24) is 5.32 Å². The van der Waals surface area contributed by atoms with Gasteiger partial charge in [0, 0.05) is 16.7 Å². The Bertz CT molecular complexity index is 513. The standard InChI is InChI=1S/C14H17BrN2O3/c15-12-6-5-10(7-11(12)13(18)19)17-14(20)16-8-9-3-1-2-4-9/h5-7,9H,1-4,8H2,(H,18,19)(H2,16,17,20).